The van der Waals surface area contributed by atoms with Crippen molar-refractivity contribution in [1.82, 2.24) is 10.3 Å². The highest BCUT2D eigenvalue weighted by molar-refractivity contribution is 7.13. The summed E-state index contributed by atoms with van der Waals surface area (Å²) in [6, 6.07) is 8.18. The van der Waals surface area contributed by atoms with Gasteiger partial charge in [0.05, 0.1) is 13.7 Å². The lowest BCUT2D eigenvalue weighted by atomic mass is 10.1. The summed E-state index contributed by atoms with van der Waals surface area (Å²) in [6.07, 6.45) is 2.87. The number of nitrogens with one attached hydrogen (secondary N) is 1. The van der Waals surface area contributed by atoms with E-state index in [9.17, 15) is 0 Å². The minimum Gasteiger partial charge on any atom is -0.497 e. The van der Waals surface area contributed by atoms with Crippen molar-refractivity contribution in [2.24, 2.45) is 0 Å². The number of benzene rings is 1. The Balaban J connectivity index is 1.69. The van der Waals surface area contributed by atoms with Crippen molar-refractivity contribution in [1.29, 1.82) is 0 Å². The van der Waals surface area contributed by atoms with Crippen LogP contribution in [0, 0.1) is 0 Å². The lowest BCUT2D eigenvalue weighted by Gasteiger charge is -2.04. The topological polar surface area (TPSA) is 43.4 Å². The van der Waals surface area contributed by atoms with E-state index < -0.39 is 0 Å². The summed E-state index contributed by atoms with van der Waals surface area (Å²) in [4.78, 5) is 5.40. The lowest BCUT2D eigenvalue weighted by Crippen LogP contribution is -2.15. The Morgan fingerprint density at radius 2 is 2.05 bits per heavy atom. The quantitative estimate of drug-likeness (QED) is 0.760. The molecule has 0 spiro atoms. The van der Waals surface area contributed by atoms with E-state index in [1.807, 2.05) is 25.3 Å². The SMILES string of the molecule is CCOc1ncc(CNCCc2ccc(OC)cc2)s1. The first-order valence-electron chi connectivity index (χ1n) is 6.73. The van der Waals surface area contributed by atoms with Gasteiger partial charge in [0.15, 0.2) is 0 Å². The number of hydrogen-bond acceptors (Lipinski definition) is 5. The first kappa shape index (κ1) is 14.8. The molecule has 0 bridgehead atoms. The third kappa shape index (κ3) is 4.51. The van der Waals surface area contributed by atoms with Gasteiger partial charge in [-0.05, 0) is 37.6 Å². The van der Waals surface area contributed by atoms with E-state index in [0.29, 0.717) is 6.61 Å². The molecular weight excluding hydrogens is 272 g/mol. The first-order valence-corrected chi connectivity index (χ1v) is 7.54. The van der Waals surface area contributed by atoms with Crippen LogP contribution in [0.1, 0.15) is 17.4 Å². The molecule has 2 rings (SSSR count). The van der Waals surface area contributed by atoms with Crippen LogP contribution in [0.4, 0.5) is 0 Å². The summed E-state index contributed by atoms with van der Waals surface area (Å²) in [7, 11) is 1.68. The van der Waals surface area contributed by atoms with Gasteiger partial charge in [0.25, 0.3) is 5.19 Å². The number of methoxy groups -OCH3 is 1. The Labute approximate surface area is 123 Å². The average Bonchev–Trinajstić information content (AvgIpc) is 2.92. The molecule has 1 heterocycles. The minimum absolute atomic E-state index is 0.665. The molecule has 108 valence electrons. The third-order valence-electron chi connectivity index (χ3n) is 2.85. The molecule has 0 aliphatic rings. The molecule has 0 radical (unpaired) electrons. The normalized spacial score (nSPS) is 10.5. The largest absolute Gasteiger partial charge is 0.497 e. The molecule has 20 heavy (non-hydrogen) atoms. The highest BCUT2D eigenvalue weighted by Gasteiger charge is 2.01. The zero-order valence-corrected chi connectivity index (χ0v) is 12.7. The summed E-state index contributed by atoms with van der Waals surface area (Å²) in [6.45, 7) is 4.40. The van der Waals surface area contributed by atoms with Crippen LogP contribution in [-0.2, 0) is 13.0 Å². The van der Waals surface area contributed by atoms with E-state index >= 15 is 0 Å². The van der Waals surface area contributed by atoms with Crippen LogP contribution in [0.25, 0.3) is 0 Å². The van der Waals surface area contributed by atoms with Gasteiger partial charge in [-0.3, -0.25) is 0 Å². The van der Waals surface area contributed by atoms with Crippen molar-refractivity contribution in [3.63, 3.8) is 0 Å². The summed E-state index contributed by atoms with van der Waals surface area (Å²) in [5, 5.41) is 4.17. The molecule has 5 heteroatoms. The smallest absolute Gasteiger partial charge is 0.273 e. The average molecular weight is 292 g/mol. The lowest BCUT2D eigenvalue weighted by molar-refractivity contribution is 0.338. The highest BCUT2D eigenvalue weighted by Crippen LogP contribution is 2.20. The fraction of sp³-hybridized carbons (Fsp3) is 0.400. The van der Waals surface area contributed by atoms with E-state index in [1.165, 1.54) is 10.4 Å². The van der Waals surface area contributed by atoms with Gasteiger partial charge in [0.1, 0.15) is 5.75 Å². The second kappa shape index (κ2) is 7.87. The van der Waals surface area contributed by atoms with Gasteiger partial charge in [-0.15, -0.1) is 0 Å². The van der Waals surface area contributed by atoms with E-state index in [0.717, 1.165) is 30.5 Å². The standard InChI is InChI=1S/C15H20N2O2S/c1-3-19-15-17-11-14(20-15)10-16-9-8-12-4-6-13(18-2)7-5-12/h4-7,11,16H,3,8-10H2,1-2H3. The van der Waals surface area contributed by atoms with E-state index in [-0.39, 0.29) is 0 Å². The molecule has 4 nitrogen and oxygen atoms in total. The number of hydrogen-bond donors (Lipinski definition) is 1. The van der Waals surface area contributed by atoms with Crippen molar-refractivity contribution in [3.05, 3.63) is 40.9 Å². The maximum Gasteiger partial charge on any atom is 0.273 e. The Kier molecular flexibility index (Phi) is 5.83. The molecule has 0 aliphatic heterocycles. The Morgan fingerprint density at radius 3 is 2.75 bits per heavy atom. The van der Waals surface area contributed by atoms with Crippen LogP contribution in [0.3, 0.4) is 0 Å². The monoisotopic (exact) mass is 292 g/mol. The minimum atomic E-state index is 0.665. The van der Waals surface area contributed by atoms with Gasteiger partial charge in [-0.1, -0.05) is 23.5 Å². The van der Waals surface area contributed by atoms with E-state index in [4.69, 9.17) is 9.47 Å². The maximum atomic E-state index is 5.35. The summed E-state index contributed by atoms with van der Waals surface area (Å²) in [5.74, 6) is 0.898. The van der Waals surface area contributed by atoms with Gasteiger partial charge in [0.2, 0.25) is 0 Å². The third-order valence-corrected chi connectivity index (χ3v) is 3.76. The zero-order chi connectivity index (χ0) is 14.2. The second-order valence-electron chi connectivity index (χ2n) is 4.30. The van der Waals surface area contributed by atoms with Crippen molar-refractivity contribution < 1.29 is 9.47 Å². The summed E-state index contributed by atoms with van der Waals surface area (Å²) < 4.78 is 10.5. The molecule has 1 N–H and O–H groups in total. The highest BCUT2D eigenvalue weighted by atomic mass is 32.1. The molecule has 0 aliphatic carbocycles. The van der Waals surface area contributed by atoms with Crippen molar-refractivity contribution >= 4 is 11.3 Å². The molecule has 1 aromatic carbocycles. The molecule has 0 amide bonds. The molecule has 0 saturated carbocycles. The van der Waals surface area contributed by atoms with Crippen molar-refractivity contribution in [2.75, 3.05) is 20.3 Å². The van der Waals surface area contributed by atoms with Gasteiger partial charge in [-0.2, -0.15) is 0 Å². The number of nitrogens with zero attached hydrogens (tertiary/aromatic N) is 1. The number of rotatable bonds is 8. The van der Waals surface area contributed by atoms with Crippen LogP contribution < -0.4 is 14.8 Å². The van der Waals surface area contributed by atoms with Gasteiger partial charge in [0, 0.05) is 17.6 Å². The van der Waals surface area contributed by atoms with Gasteiger partial charge < -0.3 is 14.8 Å². The first-order chi connectivity index (χ1) is 9.81. The fourth-order valence-electron chi connectivity index (χ4n) is 1.80. The van der Waals surface area contributed by atoms with Crippen LogP contribution in [-0.4, -0.2) is 25.2 Å². The molecule has 0 saturated heterocycles. The van der Waals surface area contributed by atoms with Crippen LogP contribution in [0.5, 0.6) is 10.9 Å². The van der Waals surface area contributed by atoms with Crippen molar-refractivity contribution in [3.8, 4) is 10.9 Å². The maximum absolute atomic E-state index is 5.35. The predicted molar refractivity (Wildman–Crippen MR) is 81.7 cm³/mol. The Bertz CT molecular complexity index is 511. The summed E-state index contributed by atoms with van der Waals surface area (Å²) >= 11 is 1.60. The van der Waals surface area contributed by atoms with Crippen LogP contribution in [0.2, 0.25) is 0 Å². The molecule has 2 aromatic rings. The number of aromatic nitrogens is 1. The van der Waals surface area contributed by atoms with E-state index in [2.05, 4.69) is 22.4 Å². The Hall–Kier alpha value is -1.59. The predicted octanol–water partition coefficient (Wildman–Crippen LogP) is 2.88. The Morgan fingerprint density at radius 1 is 1.25 bits per heavy atom. The molecule has 1 aromatic heterocycles. The molecule has 0 fully saturated rings. The second-order valence-corrected chi connectivity index (χ2v) is 5.38. The van der Waals surface area contributed by atoms with Gasteiger partial charge in [-0.25, -0.2) is 4.98 Å². The van der Waals surface area contributed by atoms with Crippen LogP contribution in [0.15, 0.2) is 30.5 Å². The van der Waals surface area contributed by atoms with Gasteiger partial charge >= 0.3 is 0 Å². The molecular formula is C15H20N2O2S. The molecule has 0 unspecified atom stereocenters. The zero-order valence-electron chi connectivity index (χ0n) is 11.9. The fourth-order valence-corrected chi connectivity index (χ4v) is 2.58. The molecule has 0 atom stereocenters. The summed E-state index contributed by atoms with van der Waals surface area (Å²) in [5.41, 5.74) is 1.30. The number of thiazole rings is 1. The van der Waals surface area contributed by atoms with Crippen LogP contribution >= 0.6 is 11.3 Å². The van der Waals surface area contributed by atoms with E-state index in [1.54, 1.807) is 18.4 Å². The number of ether oxygens (including phenoxy) is 2. The van der Waals surface area contributed by atoms with Crippen molar-refractivity contribution in [2.45, 2.75) is 19.9 Å².